The van der Waals surface area contributed by atoms with Gasteiger partial charge in [0.15, 0.2) is 0 Å². The summed E-state index contributed by atoms with van der Waals surface area (Å²) in [4.78, 5) is 15.4. The molecular weight excluding hydrogens is 312 g/mol. The Morgan fingerprint density at radius 1 is 1.00 bits per heavy atom. The molecule has 1 amide bonds. The maximum Gasteiger partial charge on any atom is 0.254 e. The Balaban J connectivity index is 1.87. The summed E-state index contributed by atoms with van der Waals surface area (Å²) in [7, 11) is 0. The van der Waals surface area contributed by atoms with Crippen LogP contribution in [-0.2, 0) is 0 Å². The molecule has 0 saturated carbocycles. The molecule has 0 aromatic heterocycles. The molecule has 2 aromatic carbocycles. The molecule has 0 unspecified atom stereocenters. The van der Waals surface area contributed by atoms with Gasteiger partial charge in [-0.3, -0.25) is 4.79 Å². The topological polar surface area (TPSA) is 52.9 Å². The maximum atomic E-state index is 13.4. The van der Waals surface area contributed by atoms with E-state index in [9.17, 15) is 10.0 Å². The molecule has 2 atom stereocenters. The molecule has 4 nitrogen and oxygen atoms in total. The summed E-state index contributed by atoms with van der Waals surface area (Å²) in [6, 6.07) is 14.0. The van der Waals surface area contributed by atoms with Crippen molar-refractivity contribution in [2.45, 2.75) is 45.2 Å². The van der Waals surface area contributed by atoms with Crippen molar-refractivity contribution >= 4 is 11.6 Å². The van der Waals surface area contributed by atoms with Gasteiger partial charge in [0.1, 0.15) is 5.71 Å². The maximum absolute atomic E-state index is 13.4. The van der Waals surface area contributed by atoms with Gasteiger partial charge in [-0.2, -0.15) is 0 Å². The predicted octanol–water partition coefficient (Wildman–Crippen LogP) is 4.30. The van der Waals surface area contributed by atoms with Gasteiger partial charge in [-0.25, -0.2) is 0 Å². The van der Waals surface area contributed by atoms with Crippen LogP contribution in [0.25, 0.3) is 11.1 Å². The summed E-state index contributed by atoms with van der Waals surface area (Å²) < 4.78 is 0. The molecule has 128 valence electrons. The largest absolute Gasteiger partial charge is 0.410 e. The number of likely N-dealkylation sites (tertiary alicyclic amines) is 1. The monoisotopic (exact) mass is 334 g/mol. The van der Waals surface area contributed by atoms with Crippen LogP contribution in [0.3, 0.4) is 0 Å². The van der Waals surface area contributed by atoms with Gasteiger partial charge in [-0.1, -0.05) is 41.6 Å². The van der Waals surface area contributed by atoms with Gasteiger partial charge in [0.2, 0.25) is 0 Å². The first-order chi connectivity index (χ1) is 12.1. The van der Waals surface area contributed by atoms with E-state index in [0.29, 0.717) is 11.3 Å². The lowest BCUT2D eigenvalue weighted by molar-refractivity contribution is 0.0511. The zero-order valence-corrected chi connectivity index (χ0v) is 14.6. The molecule has 1 aliphatic carbocycles. The highest BCUT2D eigenvalue weighted by molar-refractivity contribution is 6.26. The lowest BCUT2D eigenvalue weighted by atomic mass is 9.93. The molecule has 2 aromatic rings. The summed E-state index contributed by atoms with van der Waals surface area (Å²) >= 11 is 0. The van der Waals surface area contributed by atoms with Crippen LogP contribution in [0.4, 0.5) is 0 Å². The number of piperidine rings is 1. The zero-order valence-electron chi connectivity index (χ0n) is 14.6. The van der Waals surface area contributed by atoms with E-state index in [0.717, 1.165) is 35.1 Å². The Labute approximate surface area is 147 Å². The van der Waals surface area contributed by atoms with Crippen molar-refractivity contribution in [2.24, 2.45) is 5.16 Å². The highest BCUT2D eigenvalue weighted by Crippen LogP contribution is 2.40. The van der Waals surface area contributed by atoms with Crippen molar-refractivity contribution in [3.05, 3.63) is 59.2 Å². The Hall–Kier alpha value is -2.62. The van der Waals surface area contributed by atoms with Gasteiger partial charge in [0.25, 0.3) is 5.91 Å². The SMILES string of the molecule is C[C@H]1CCC[C@H](C)N1C(=O)c1cccc2c1-c1ccccc1/C2=N\O. The number of amides is 1. The number of hydrogen-bond acceptors (Lipinski definition) is 3. The highest BCUT2D eigenvalue weighted by atomic mass is 16.4. The summed E-state index contributed by atoms with van der Waals surface area (Å²) in [5.74, 6) is 0.0746. The van der Waals surface area contributed by atoms with Crippen LogP contribution in [0, 0.1) is 0 Å². The minimum absolute atomic E-state index is 0.0746. The normalized spacial score (nSPS) is 23.4. The van der Waals surface area contributed by atoms with Gasteiger partial charge < -0.3 is 10.1 Å². The second-order valence-electron chi connectivity index (χ2n) is 7.06. The van der Waals surface area contributed by atoms with Crippen molar-refractivity contribution in [2.75, 3.05) is 0 Å². The van der Waals surface area contributed by atoms with E-state index in [1.54, 1.807) is 0 Å². The number of fused-ring (bicyclic) bond motifs is 3. The van der Waals surface area contributed by atoms with Crippen molar-refractivity contribution in [3.8, 4) is 11.1 Å². The van der Waals surface area contributed by atoms with Crippen molar-refractivity contribution in [3.63, 3.8) is 0 Å². The summed E-state index contributed by atoms with van der Waals surface area (Å²) in [5.41, 5.74) is 4.79. The first-order valence-corrected chi connectivity index (χ1v) is 8.91. The van der Waals surface area contributed by atoms with Crippen LogP contribution >= 0.6 is 0 Å². The lowest BCUT2D eigenvalue weighted by Gasteiger charge is -2.39. The van der Waals surface area contributed by atoms with Crippen LogP contribution < -0.4 is 0 Å². The average molecular weight is 334 g/mol. The summed E-state index contributed by atoms with van der Waals surface area (Å²) in [5, 5.41) is 13.0. The molecule has 1 heterocycles. The number of rotatable bonds is 1. The Morgan fingerprint density at radius 2 is 1.64 bits per heavy atom. The third-order valence-corrected chi connectivity index (χ3v) is 5.53. The Bertz CT molecular complexity index is 862. The number of oxime groups is 1. The van der Waals surface area contributed by atoms with E-state index >= 15 is 0 Å². The van der Waals surface area contributed by atoms with E-state index in [1.807, 2.05) is 47.4 Å². The molecule has 1 aliphatic heterocycles. The minimum Gasteiger partial charge on any atom is -0.410 e. The van der Waals surface area contributed by atoms with E-state index in [1.165, 1.54) is 6.42 Å². The fourth-order valence-corrected chi connectivity index (χ4v) is 4.34. The molecule has 0 spiro atoms. The predicted molar refractivity (Wildman–Crippen MR) is 98.2 cm³/mol. The molecule has 0 bridgehead atoms. The second-order valence-corrected chi connectivity index (χ2v) is 7.06. The molecular formula is C21H22N2O2. The third kappa shape index (κ3) is 2.36. The first kappa shape index (κ1) is 15.9. The number of carbonyl (C=O) groups is 1. The molecule has 25 heavy (non-hydrogen) atoms. The first-order valence-electron chi connectivity index (χ1n) is 8.91. The lowest BCUT2D eigenvalue weighted by Crippen LogP contribution is -2.47. The third-order valence-electron chi connectivity index (χ3n) is 5.53. The minimum atomic E-state index is 0.0746. The van der Waals surface area contributed by atoms with Crippen LogP contribution in [0.1, 0.15) is 54.6 Å². The molecule has 1 fully saturated rings. The van der Waals surface area contributed by atoms with Gasteiger partial charge in [-0.15, -0.1) is 0 Å². The van der Waals surface area contributed by atoms with Gasteiger partial charge in [0.05, 0.1) is 0 Å². The van der Waals surface area contributed by atoms with Crippen LogP contribution in [-0.4, -0.2) is 33.8 Å². The van der Waals surface area contributed by atoms with Crippen LogP contribution in [0.15, 0.2) is 47.6 Å². The second kappa shape index (κ2) is 6.03. The standard InChI is InChI=1S/C21H22N2O2/c1-13-7-5-8-14(2)23(13)21(24)18-12-6-11-17-19(18)15-9-3-4-10-16(15)20(17)22-25/h3-4,6,9-14,25H,5,7-8H2,1-2H3/b22-20+/t13-,14-/m0/s1. The Kier molecular flexibility index (Phi) is 3.83. The molecule has 0 radical (unpaired) electrons. The van der Waals surface area contributed by atoms with E-state index in [2.05, 4.69) is 19.0 Å². The molecule has 1 saturated heterocycles. The number of hydrogen-bond donors (Lipinski definition) is 1. The highest BCUT2D eigenvalue weighted by Gasteiger charge is 2.34. The summed E-state index contributed by atoms with van der Waals surface area (Å²) in [6.07, 6.45) is 3.26. The smallest absolute Gasteiger partial charge is 0.254 e. The van der Waals surface area contributed by atoms with Crippen LogP contribution in [0.2, 0.25) is 0 Å². The molecule has 2 aliphatic rings. The fourth-order valence-electron chi connectivity index (χ4n) is 4.34. The van der Waals surface area contributed by atoms with Gasteiger partial charge >= 0.3 is 0 Å². The number of nitrogens with zero attached hydrogens (tertiary/aromatic N) is 2. The van der Waals surface area contributed by atoms with E-state index < -0.39 is 0 Å². The molecule has 1 N–H and O–H groups in total. The molecule has 4 heteroatoms. The van der Waals surface area contributed by atoms with Gasteiger partial charge in [0, 0.05) is 34.3 Å². The van der Waals surface area contributed by atoms with Gasteiger partial charge in [-0.05, 0) is 44.7 Å². The quantitative estimate of drug-likeness (QED) is 0.533. The number of carbonyl (C=O) groups excluding carboxylic acids is 1. The zero-order chi connectivity index (χ0) is 17.6. The van der Waals surface area contributed by atoms with Crippen molar-refractivity contribution in [1.82, 2.24) is 4.90 Å². The van der Waals surface area contributed by atoms with Crippen LogP contribution in [0.5, 0.6) is 0 Å². The van der Waals surface area contributed by atoms with E-state index in [-0.39, 0.29) is 18.0 Å². The summed E-state index contributed by atoms with van der Waals surface area (Å²) in [6.45, 7) is 4.26. The number of benzene rings is 2. The van der Waals surface area contributed by atoms with Crippen molar-refractivity contribution < 1.29 is 10.0 Å². The van der Waals surface area contributed by atoms with Crippen molar-refractivity contribution in [1.29, 1.82) is 0 Å². The molecule has 4 rings (SSSR count). The Morgan fingerprint density at radius 3 is 2.32 bits per heavy atom. The average Bonchev–Trinajstić information content (AvgIpc) is 2.95. The fraction of sp³-hybridized carbons (Fsp3) is 0.333. The van der Waals surface area contributed by atoms with E-state index in [4.69, 9.17) is 0 Å².